The third-order valence-electron chi connectivity index (χ3n) is 2.32. The maximum atomic E-state index is 11.3. The number of hydrogen-bond donors (Lipinski definition) is 0. The Balaban J connectivity index is 2.41. The molecule has 0 aliphatic heterocycles. The van der Waals surface area contributed by atoms with Gasteiger partial charge < -0.3 is 4.57 Å². The van der Waals surface area contributed by atoms with Crippen LogP contribution in [0.2, 0.25) is 5.02 Å². The number of benzene rings is 1. The summed E-state index contributed by atoms with van der Waals surface area (Å²) in [6.45, 7) is 2.24. The molecule has 3 nitrogen and oxygen atoms in total. The fourth-order valence-electron chi connectivity index (χ4n) is 1.46. The minimum Gasteiger partial charge on any atom is -0.323 e. The van der Waals surface area contributed by atoms with Crippen LogP contribution in [0.15, 0.2) is 24.5 Å². The fraction of sp³-hybridized carbons (Fsp3) is 0.273. The molecule has 2 aromatic rings. The van der Waals surface area contributed by atoms with Crippen molar-refractivity contribution in [3.63, 3.8) is 0 Å². The zero-order valence-corrected chi connectivity index (χ0v) is 9.16. The second-order valence-electron chi connectivity index (χ2n) is 3.40. The van der Waals surface area contributed by atoms with E-state index in [0.29, 0.717) is 18.0 Å². The Kier molecular flexibility index (Phi) is 2.73. The van der Waals surface area contributed by atoms with Crippen molar-refractivity contribution < 1.29 is 4.79 Å². The first-order valence-electron chi connectivity index (χ1n) is 4.83. The molecule has 0 aliphatic rings. The minimum atomic E-state index is 0.198. The summed E-state index contributed by atoms with van der Waals surface area (Å²) < 4.78 is 1.84. The van der Waals surface area contributed by atoms with Crippen molar-refractivity contribution in [1.29, 1.82) is 0 Å². The molecule has 0 aliphatic carbocycles. The smallest absolute Gasteiger partial charge is 0.152 e. The Morgan fingerprint density at radius 3 is 3.07 bits per heavy atom. The third kappa shape index (κ3) is 2.02. The lowest BCUT2D eigenvalue weighted by Gasteiger charge is -2.01. The van der Waals surface area contributed by atoms with E-state index >= 15 is 0 Å². The second kappa shape index (κ2) is 4.03. The number of carbonyl (C=O) groups excluding carboxylic acids is 1. The summed E-state index contributed by atoms with van der Waals surface area (Å²) in [6, 6.07) is 5.48. The highest BCUT2D eigenvalue weighted by Crippen LogP contribution is 2.18. The molecule has 0 bridgehead atoms. The number of hydrogen-bond acceptors (Lipinski definition) is 2. The van der Waals surface area contributed by atoms with E-state index in [9.17, 15) is 4.79 Å². The summed E-state index contributed by atoms with van der Waals surface area (Å²) in [7, 11) is 0. The van der Waals surface area contributed by atoms with Gasteiger partial charge in [0.2, 0.25) is 0 Å². The van der Waals surface area contributed by atoms with Gasteiger partial charge in [-0.05, 0) is 18.2 Å². The second-order valence-corrected chi connectivity index (χ2v) is 3.83. The minimum absolute atomic E-state index is 0.198. The lowest BCUT2D eigenvalue weighted by molar-refractivity contribution is -0.119. The monoisotopic (exact) mass is 222 g/mol. The zero-order valence-electron chi connectivity index (χ0n) is 8.40. The maximum absolute atomic E-state index is 11.3. The van der Waals surface area contributed by atoms with E-state index in [1.807, 2.05) is 17.6 Å². The lowest BCUT2D eigenvalue weighted by Crippen LogP contribution is -2.07. The van der Waals surface area contributed by atoms with E-state index in [-0.39, 0.29) is 5.78 Å². The Morgan fingerprint density at radius 1 is 1.53 bits per heavy atom. The molecule has 15 heavy (non-hydrogen) atoms. The molecule has 0 amide bonds. The third-order valence-corrected chi connectivity index (χ3v) is 2.56. The summed E-state index contributed by atoms with van der Waals surface area (Å²) >= 11 is 5.84. The van der Waals surface area contributed by atoms with Gasteiger partial charge in [0.25, 0.3) is 0 Å². The molecule has 78 valence electrons. The van der Waals surface area contributed by atoms with Crippen molar-refractivity contribution in [1.82, 2.24) is 9.55 Å². The molecule has 0 spiro atoms. The van der Waals surface area contributed by atoms with Crippen LogP contribution in [-0.2, 0) is 11.3 Å². The number of Topliss-reactive ketones (excluding diaryl/α,β-unsaturated/α-hetero) is 1. The van der Waals surface area contributed by atoms with Crippen molar-refractivity contribution in [2.75, 3.05) is 0 Å². The van der Waals surface area contributed by atoms with Gasteiger partial charge in [-0.3, -0.25) is 4.79 Å². The highest BCUT2D eigenvalue weighted by molar-refractivity contribution is 6.31. The normalized spacial score (nSPS) is 10.8. The van der Waals surface area contributed by atoms with Gasteiger partial charge in [0.05, 0.1) is 23.9 Å². The molecule has 0 saturated carbocycles. The number of carbonyl (C=O) groups is 1. The molecule has 1 heterocycles. The Labute approximate surface area is 92.7 Å². The van der Waals surface area contributed by atoms with Gasteiger partial charge in [-0.1, -0.05) is 18.5 Å². The molecular weight excluding hydrogens is 212 g/mol. The van der Waals surface area contributed by atoms with Gasteiger partial charge >= 0.3 is 0 Å². The zero-order chi connectivity index (χ0) is 10.8. The lowest BCUT2D eigenvalue weighted by atomic mass is 10.3. The number of rotatable bonds is 3. The molecule has 0 atom stereocenters. The average Bonchev–Trinajstić information content (AvgIpc) is 2.60. The van der Waals surface area contributed by atoms with Crippen molar-refractivity contribution >= 4 is 28.4 Å². The van der Waals surface area contributed by atoms with Crippen LogP contribution in [0.4, 0.5) is 0 Å². The summed E-state index contributed by atoms with van der Waals surface area (Å²) in [6.07, 6.45) is 2.22. The van der Waals surface area contributed by atoms with E-state index in [1.165, 1.54) is 0 Å². The molecule has 2 rings (SSSR count). The van der Waals surface area contributed by atoms with Crippen LogP contribution in [0, 0.1) is 0 Å². The SMILES string of the molecule is CCC(=O)Cn1cnc2cc(Cl)ccc21. The molecule has 0 fully saturated rings. The maximum Gasteiger partial charge on any atom is 0.152 e. The van der Waals surface area contributed by atoms with Crippen molar-refractivity contribution in [2.45, 2.75) is 19.9 Å². The summed E-state index contributed by atoms with van der Waals surface area (Å²) in [4.78, 5) is 15.5. The number of ketones is 1. The fourth-order valence-corrected chi connectivity index (χ4v) is 1.63. The van der Waals surface area contributed by atoms with Crippen LogP contribution in [0.3, 0.4) is 0 Å². The van der Waals surface area contributed by atoms with Gasteiger partial charge in [0.1, 0.15) is 0 Å². The van der Waals surface area contributed by atoms with E-state index < -0.39 is 0 Å². The Hall–Kier alpha value is -1.35. The first-order valence-corrected chi connectivity index (χ1v) is 5.20. The largest absolute Gasteiger partial charge is 0.323 e. The van der Waals surface area contributed by atoms with Crippen molar-refractivity contribution in [3.05, 3.63) is 29.5 Å². The first kappa shape index (κ1) is 10.2. The van der Waals surface area contributed by atoms with E-state index in [0.717, 1.165) is 11.0 Å². The number of halogens is 1. The van der Waals surface area contributed by atoms with Crippen LogP contribution in [0.1, 0.15) is 13.3 Å². The predicted molar refractivity (Wildman–Crippen MR) is 60.0 cm³/mol. The number of aromatic nitrogens is 2. The van der Waals surface area contributed by atoms with Gasteiger partial charge in [-0.2, -0.15) is 0 Å². The predicted octanol–water partition coefficient (Wildman–Crippen LogP) is 2.67. The van der Waals surface area contributed by atoms with Crippen LogP contribution in [-0.4, -0.2) is 15.3 Å². The molecule has 0 unspecified atom stereocenters. The summed E-state index contributed by atoms with van der Waals surface area (Å²) in [5, 5.41) is 0.662. The number of fused-ring (bicyclic) bond motifs is 1. The number of nitrogens with zero attached hydrogens (tertiary/aromatic N) is 2. The summed E-state index contributed by atoms with van der Waals surface area (Å²) in [5.41, 5.74) is 1.77. The summed E-state index contributed by atoms with van der Waals surface area (Å²) in [5.74, 6) is 0.198. The molecule has 0 saturated heterocycles. The van der Waals surface area contributed by atoms with Gasteiger partial charge in [-0.15, -0.1) is 0 Å². The molecule has 1 aromatic heterocycles. The average molecular weight is 223 g/mol. The quantitative estimate of drug-likeness (QED) is 0.800. The van der Waals surface area contributed by atoms with E-state index in [1.54, 1.807) is 18.5 Å². The molecule has 0 radical (unpaired) electrons. The highest BCUT2D eigenvalue weighted by atomic mass is 35.5. The molecule has 4 heteroatoms. The molecule has 0 N–H and O–H groups in total. The standard InChI is InChI=1S/C11H11ClN2O/c1-2-9(15)6-14-7-13-10-5-8(12)3-4-11(10)14/h3-5,7H,2,6H2,1H3. The Bertz CT molecular complexity index is 504. The topological polar surface area (TPSA) is 34.9 Å². The van der Waals surface area contributed by atoms with Gasteiger partial charge in [0.15, 0.2) is 5.78 Å². The van der Waals surface area contributed by atoms with E-state index in [2.05, 4.69) is 4.98 Å². The van der Waals surface area contributed by atoms with Crippen LogP contribution >= 0.6 is 11.6 Å². The van der Waals surface area contributed by atoms with Crippen molar-refractivity contribution in [2.24, 2.45) is 0 Å². The van der Waals surface area contributed by atoms with Crippen molar-refractivity contribution in [3.8, 4) is 0 Å². The molecule has 1 aromatic carbocycles. The first-order chi connectivity index (χ1) is 7.20. The van der Waals surface area contributed by atoms with E-state index in [4.69, 9.17) is 11.6 Å². The Morgan fingerprint density at radius 2 is 2.33 bits per heavy atom. The van der Waals surface area contributed by atoms with Gasteiger partial charge in [-0.25, -0.2) is 4.98 Å². The van der Waals surface area contributed by atoms with Crippen LogP contribution in [0.5, 0.6) is 0 Å². The van der Waals surface area contributed by atoms with Crippen LogP contribution in [0.25, 0.3) is 11.0 Å². The molecular formula is C11H11ClN2O. The van der Waals surface area contributed by atoms with Gasteiger partial charge in [0, 0.05) is 11.4 Å². The van der Waals surface area contributed by atoms with Crippen LogP contribution < -0.4 is 0 Å². The highest BCUT2D eigenvalue weighted by Gasteiger charge is 2.05. The number of imidazole rings is 1.